The van der Waals surface area contributed by atoms with Gasteiger partial charge in [0.05, 0.1) is 33.2 Å². The van der Waals surface area contributed by atoms with Crippen molar-refractivity contribution in [2.24, 2.45) is 0 Å². The van der Waals surface area contributed by atoms with Crippen molar-refractivity contribution in [1.82, 2.24) is 14.5 Å². The van der Waals surface area contributed by atoms with Gasteiger partial charge in [-0.2, -0.15) is 0 Å². The lowest BCUT2D eigenvalue weighted by atomic mass is 9.96. The van der Waals surface area contributed by atoms with Crippen LogP contribution in [-0.2, 0) is 15.7 Å². The fourth-order valence-electron chi connectivity index (χ4n) is 5.44. The number of carbonyl (C=O) groups is 2. The van der Waals surface area contributed by atoms with Crippen molar-refractivity contribution in [2.75, 3.05) is 0 Å². The first-order valence-electron chi connectivity index (χ1n) is 9.97. The van der Waals surface area contributed by atoms with Gasteiger partial charge in [0.15, 0.2) is 9.84 Å². The molecule has 3 aromatic carbocycles. The summed E-state index contributed by atoms with van der Waals surface area (Å²) in [6, 6.07) is 14.9. The highest BCUT2D eigenvalue weighted by molar-refractivity contribution is 7.90. The number of benzene rings is 3. The minimum atomic E-state index is -3.58. The van der Waals surface area contributed by atoms with Gasteiger partial charge >= 0.3 is 0 Å². The van der Waals surface area contributed by atoms with Gasteiger partial charge in [0.25, 0.3) is 11.8 Å². The number of amides is 2. The fraction of sp³-hybridized carbons (Fsp3) is 0.130. The van der Waals surface area contributed by atoms with Crippen molar-refractivity contribution < 1.29 is 18.0 Å². The lowest BCUT2D eigenvalue weighted by Crippen LogP contribution is -2.20. The number of nitrogens with one attached hydrogen (secondary N) is 1. The number of hydrogen-bond donors (Lipinski definition) is 1. The number of rotatable bonds is 0. The van der Waals surface area contributed by atoms with Crippen molar-refractivity contribution in [3.8, 4) is 0 Å². The van der Waals surface area contributed by atoms with Gasteiger partial charge in [-0.25, -0.2) is 8.42 Å². The van der Waals surface area contributed by atoms with Crippen molar-refractivity contribution in [1.29, 1.82) is 0 Å². The quantitative estimate of drug-likeness (QED) is 0.380. The first-order valence-corrected chi connectivity index (χ1v) is 11.7. The molecule has 0 saturated carbocycles. The van der Waals surface area contributed by atoms with E-state index in [1.54, 1.807) is 11.5 Å². The van der Waals surface area contributed by atoms with Crippen LogP contribution < -0.4 is 5.32 Å². The third-order valence-electron chi connectivity index (χ3n) is 6.73. The van der Waals surface area contributed by atoms with Gasteiger partial charge in [-0.1, -0.05) is 36.4 Å². The summed E-state index contributed by atoms with van der Waals surface area (Å²) in [7, 11) is -3.58. The smallest absolute Gasteiger partial charge is 0.259 e. The number of sulfone groups is 1. The summed E-state index contributed by atoms with van der Waals surface area (Å²) in [5.41, 5.74) is 3.49. The van der Waals surface area contributed by atoms with Crippen LogP contribution in [0.3, 0.4) is 0 Å². The van der Waals surface area contributed by atoms with Crippen LogP contribution in [0.2, 0.25) is 0 Å². The monoisotopic (exact) mass is 429 g/mol. The highest BCUT2D eigenvalue weighted by atomic mass is 32.2. The molecule has 0 bridgehead atoms. The molecule has 0 spiro atoms. The lowest BCUT2D eigenvalue weighted by Gasteiger charge is -2.15. The molecule has 5 aromatic rings. The molecule has 1 atom stereocenters. The average molecular weight is 429 g/mol. The number of imide groups is 1. The maximum atomic E-state index is 13.4. The molecule has 0 saturated heterocycles. The number of aromatic nitrogens is 2. The van der Waals surface area contributed by atoms with Crippen LogP contribution in [0.25, 0.3) is 43.6 Å². The summed E-state index contributed by atoms with van der Waals surface area (Å²) >= 11 is 0. The predicted octanol–water partition coefficient (Wildman–Crippen LogP) is 3.69. The Morgan fingerprint density at radius 1 is 0.839 bits per heavy atom. The zero-order valence-electron chi connectivity index (χ0n) is 16.3. The van der Waals surface area contributed by atoms with Crippen LogP contribution in [0.5, 0.6) is 0 Å². The molecular formula is C23H15N3O4S. The van der Waals surface area contributed by atoms with Crippen LogP contribution >= 0.6 is 0 Å². The number of para-hydroxylation sites is 2. The van der Waals surface area contributed by atoms with E-state index in [0.29, 0.717) is 32.9 Å². The van der Waals surface area contributed by atoms with E-state index in [1.807, 2.05) is 53.1 Å². The molecule has 4 heterocycles. The molecule has 0 fully saturated rings. The SMILES string of the molecule is CC1n2c3ccccc3c3c4c(c5c6ccccc6n(c5c32)CS1(=O)=O)C(=O)NC4=O. The van der Waals surface area contributed by atoms with Crippen LogP contribution in [-0.4, -0.2) is 29.4 Å². The van der Waals surface area contributed by atoms with Gasteiger partial charge in [-0.05, 0) is 19.1 Å². The van der Waals surface area contributed by atoms with Gasteiger partial charge in [0.1, 0.15) is 11.3 Å². The number of hydrogen-bond acceptors (Lipinski definition) is 4. The molecular weight excluding hydrogens is 414 g/mol. The Kier molecular flexibility index (Phi) is 2.84. The molecule has 152 valence electrons. The van der Waals surface area contributed by atoms with E-state index in [0.717, 1.165) is 21.8 Å². The Labute approximate surface area is 175 Å². The molecule has 2 aromatic heterocycles. The van der Waals surface area contributed by atoms with E-state index in [2.05, 4.69) is 5.32 Å². The molecule has 1 N–H and O–H groups in total. The van der Waals surface area contributed by atoms with Crippen molar-refractivity contribution in [3.05, 3.63) is 59.7 Å². The maximum Gasteiger partial charge on any atom is 0.259 e. The molecule has 0 radical (unpaired) electrons. The van der Waals surface area contributed by atoms with Crippen LogP contribution in [0.15, 0.2) is 48.5 Å². The molecule has 2 aliphatic rings. The van der Waals surface area contributed by atoms with E-state index in [-0.39, 0.29) is 5.88 Å². The van der Waals surface area contributed by atoms with Crippen LogP contribution in [0, 0.1) is 0 Å². The Morgan fingerprint density at radius 2 is 1.39 bits per heavy atom. The third kappa shape index (κ3) is 1.79. The average Bonchev–Trinajstić information content (AvgIpc) is 3.33. The van der Waals surface area contributed by atoms with E-state index in [1.165, 1.54) is 0 Å². The standard InChI is InChI=1S/C23H15N3O4S/c1-11-26-15-9-5-3-7-13(15)17-19-18(22(27)24-23(19)28)16-12-6-2-4-8-14(12)25(10-31(11,29)30)20(16)21(17)26/h2-9,11H,10H2,1H3,(H,24,27,28). The van der Waals surface area contributed by atoms with E-state index in [4.69, 9.17) is 0 Å². The van der Waals surface area contributed by atoms with Crippen molar-refractivity contribution >= 4 is 65.3 Å². The van der Waals surface area contributed by atoms with Crippen LogP contribution in [0.4, 0.5) is 0 Å². The number of fused-ring (bicyclic) bond motifs is 9. The molecule has 2 amide bonds. The molecule has 31 heavy (non-hydrogen) atoms. The summed E-state index contributed by atoms with van der Waals surface area (Å²) in [5, 5.41) is 4.44. The number of nitrogens with zero attached hydrogens (tertiary/aromatic N) is 2. The van der Waals surface area contributed by atoms with Gasteiger partial charge in [0.2, 0.25) is 0 Å². The minimum Gasteiger partial charge on any atom is -0.324 e. The van der Waals surface area contributed by atoms with Crippen molar-refractivity contribution in [2.45, 2.75) is 18.2 Å². The second-order valence-corrected chi connectivity index (χ2v) is 10.5. The summed E-state index contributed by atoms with van der Waals surface area (Å²) in [5.74, 6) is -1.08. The van der Waals surface area contributed by atoms with Gasteiger partial charge in [0, 0.05) is 21.5 Å². The fourth-order valence-corrected chi connectivity index (χ4v) is 6.83. The van der Waals surface area contributed by atoms with E-state index >= 15 is 0 Å². The summed E-state index contributed by atoms with van der Waals surface area (Å²) in [4.78, 5) is 25.9. The highest BCUT2D eigenvalue weighted by Crippen LogP contribution is 2.47. The van der Waals surface area contributed by atoms with Crippen molar-refractivity contribution in [3.63, 3.8) is 0 Å². The first-order chi connectivity index (χ1) is 14.9. The Bertz CT molecular complexity index is 1810. The van der Waals surface area contributed by atoms with Crippen LogP contribution in [0.1, 0.15) is 33.0 Å². The zero-order valence-corrected chi connectivity index (χ0v) is 17.2. The van der Waals surface area contributed by atoms with Gasteiger partial charge in [-0.15, -0.1) is 0 Å². The second kappa shape index (κ2) is 5.15. The minimum absolute atomic E-state index is 0.197. The van der Waals surface area contributed by atoms with E-state index < -0.39 is 27.0 Å². The van der Waals surface area contributed by atoms with Gasteiger partial charge in [-0.3, -0.25) is 14.9 Å². The Hall–Kier alpha value is -3.65. The third-order valence-corrected chi connectivity index (χ3v) is 8.60. The van der Waals surface area contributed by atoms with E-state index in [9.17, 15) is 18.0 Å². The first kappa shape index (κ1) is 17.1. The summed E-state index contributed by atoms with van der Waals surface area (Å²) in [6.07, 6.45) is 0. The zero-order chi connectivity index (χ0) is 21.2. The summed E-state index contributed by atoms with van der Waals surface area (Å²) in [6.45, 7) is 1.68. The number of carbonyl (C=O) groups excluding carboxylic acids is 2. The molecule has 2 aliphatic heterocycles. The highest BCUT2D eigenvalue weighted by Gasteiger charge is 2.40. The summed E-state index contributed by atoms with van der Waals surface area (Å²) < 4.78 is 30.5. The lowest BCUT2D eigenvalue weighted by molar-refractivity contribution is 0.0880. The maximum absolute atomic E-state index is 13.4. The topological polar surface area (TPSA) is 90.2 Å². The molecule has 7 rings (SSSR count). The molecule has 0 aliphatic carbocycles. The van der Waals surface area contributed by atoms with Gasteiger partial charge < -0.3 is 9.13 Å². The molecule has 8 heteroatoms. The second-order valence-electron chi connectivity index (χ2n) is 8.20. The molecule has 7 nitrogen and oxygen atoms in total. The Morgan fingerprint density at radius 3 is 2.06 bits per heavy atom. The Balaban J connectivity index is 1.96. The largest absolute Gasteiger partial charge is 0.324 e. The normalized spacial score (nSPS) is 19.6. The molecule has 1 unspecified atom stereocenters. The predicted molar refractivity (Wildman–Crippen MR) is 118 cm³/mol.